The second kappa shape index (κ2) is 4.90. The fourth-order valence-corrected chi connectivity index (χ4v) is 1.57. The summed E-state index contributed by atoms with van der Waals surface area (Å²) in [4.78, 5) is 11.4. The molecule has 2 N–H and O–H groups in total. The lowest BCUT2D eigenvalue weighted by Crippen LogP contribution is -2.18. The molecule has 0 spiro atoms. The number of rotatable bonds is 4. The lowest BCUT2D eigenvalue weighted by atomic mass is 10.1. The number of pyridine rings is 1. The molecule has 0 unspecified atom stereocenters. The molecule has 0 aromatic carbocycles. The molecule has 0 saturated heterocycles. The van der Waals surface area contributed by atoms with Crippen LogP contribution < -0.4 is 5.32 Å². The molecule has 4 heteroatoms. The van der Waals surface area contributed by atoms with Gasteiger partial charge in [0.25, 0.3) is 0 Å². The molecule has 0 radical (unpaired) electrons. The van der Waals surface area contributed by atoms with Gasteiger partial charge in [-0.25, -0.2) is 4.98 Å². The molecule has 84 valence electrons. The van der Waals surface area contributed by atoms with Crippen LogP contribution >= 0.6 is 0 Å². The summed E-state index contributed by atoms with van der Waals surface area (Å²) in [5.74, 6) is 0. The van der Waals surface area contributed by atoms with E-state index in [1.165, 1.54) is 5.56 Å². The molecule has 0 fully saturated rings. The van der Waals surface area contributed by atoms with Crippen LogP contribution in [0.5, 0.6) is 0 Å². The number of hydrogen-bond acceptors (Lipinski definition) is 3. The fraction of sp³-hybridized carbons (Fsp3) is 0.333. The van der Waals surface area contributed by atoms with E-state index >= 15 is 0 Å². The van der Waals surface area contributed by atoms with Gasteiger partial charge in [0.1, 0.15) is 0 Å². The van der Waals surface area contributed by atoms with Crippen molar-refractivity contribution < 1.29 is 0 Å². The average molecular weight is 216 g/mol. The van der Waals surface area contributed by atoms with E-state index < -0.39 is 0 Å². The number of aromatic amines is 1. The maximum atomic E-state index is 4.25. The molecule has 2 rings (SSSR count). The molecule has 0 bridgehead atoms. The third-order valence-corrected chi connectivity index (χ3v) is 2.69. The normalized spacial score (nSPS) is 12.6. The standard InChI is InChI=1S/C12H16N4/c1-9(11-4-3-5-13-6-11)14-7-12-10(2)15-8-16-12/h3-6,8-9,14H,7H2,1-2H3,(H,15,16)/t9-/m1/s1. The van der Waals surface area contributed by atoms with Gasteiger partial charge >= 0.3 is 0 Å². The Bertz CT molecular complexity index is 435. The highest BCUT2D eigenvalue weighted by atomic mass is 15.0. The summed E-state index contributed by atoms with van der Waals surface area (Å²) in [6, 6.07) is 4.31. The number of imidazole rings is 1. The quantitative estimate of drug-likeness (QED) is 0.821. The van der Waals surface area contributed by atoms with E-state index in [9.17, 15) is 0 Å². The number of H-pyrrole nitrogens is 1. The Kier molecular flexibility index (Phi) is 3.31. The second-order valence-electron chi connectivity index (χ2n) is 3.86. The summed E-state index contributed by atoms with van der Waals surface area (Å²) < 4.78 is 0. The molecule has 4 nitrogen and oxygen atoms in total. The third-order valence-electron chi connectivity index (χ3n) is 2.69. The molecule has 0 saturated carbocycles. The van der Waals surface area contributed by atoms with Crippen LogP contribution in [0.3, 0.4) is 0 Å². The summed E-state index contributed by atoms with van der Waals surface area (Å²) in [5.41, 5.74) is 3.37. The van der Waals surface area contributed by atoms with Crippen molar-refractivity contribution >= 4 is 0 Å². The summed E-state index contributed by atoms with van der Waals surface area (Å²) in [7, 11) is 0. The smallest absolute Gasteiger partial charge is 0.0925 e. The SMILES string of the molecule is Cc1[nH]cnc1CN[C@H](C)c1cccnc1. The van der Waals surface area contributed by atoms with Gasteiger partial charge in [0.15, 0.2) is 0 Å². The highest BCUT2D eigenvalue weighted by Gasteiger charge is 2.06. The predicted molar refractivity (Wildman–Crippen MR) is 62.8 cm³/mol. The van der Waals surface area contributed by atoms with Crippen LogP contribution in [-0.2, 0) is 6.54 Å². The first-order chi connectivity index (χ1) is 7.77. The van der Waals surface area contributed by atoms with E-state index in [-0.39, 0.29) is 6.04 Å². The Morgan fingerprint density at radius 2 is 2.38 bits per heavy atom. The molecule has 1 atom stereocenters. The summed E-state index contributed by atoms with van der Waals surface area (Å²) in [6.45, 7) is 4.92. The highest BCUT2D eigenvalue weighted by Crippen LogP contribution is 2.11. The molecule has 0 amide bonds. The van der Waals surface area contributed by atoms with Gasteiger partial charge in [-0.05, 0) is 25.5 Å². The summed E-state index contributed by atoms with van der Waals surface area (Å²) in [5, 5.41) is 3.42. The second-order valence-corrected chi connectivity index (χ2v) is 3.86. The zero-order valence-corrected chi connectivity index (χ0v) is 9.57. The maximum Gasteiger partial charge on any atom is 0.0925 e. The van der Waals surface area contributed by atoms with Crippen LogP contribution in [0.15, 0.2) is 30.9 Å². The Balaban J connectivity index is 1.94. The number of aromatic nitrogens is 3. The molecular formula is C12H16N4. The van der Waals surface area contributed by atoms with Crippen molar-refractivity contribution in [1.82, 2.24) is 20.3 Å². The van der Waals surface area contributed by atoms with Crippen LogP contribution in [0, 0.1) is 6.92 Å². The Morgan fingerprint density at radius 1 is 1.50 bits per heavy atom. The topological polar surface area (TPSA) is 53.6 Å². The van der Waals surface area contributed by atoms with Crippen LogP contribution in [0.4, 0.5) is 0 Å². The average Bonchev–Trinajstić information content (AvgIpc) is 2.73. The third kappa shape index (κ3) is 2.46. The van der Waals surface area contributed by atoms with E-state index in [1.807, 2.05) is 19.2 Å². The zero-order chi connectivity index (χ0) is 11.4. The van der Waals surface area contributed by atoms with Crippen molar-refractivity contribution in [2.45, 2.75) is 26.4 Å². The largest absolute Gasteiger partial charge is 0.348 e. The van der Waals surface area contributed by atoms with Crippen LogP contribution in [0.1, 0.15) is 29.9 Å². The summed E-state index contributed by atoms with van der Waals surface area (Å²) in [6.07, 6.45) is 5.39. The van der Waals surface area contributed by atoms with Crippen molar-refractivity contribution in [3.05, 3.63) is 47.8 Å². The maximum absolute atomic E-state index is 4.25. The minimum Gasteiger partial charge on any atom is -0.348 e. The van der Waals surface area contributed by atoms with Gasteiger partial charge in [-0.15, -0.1) is 0 Å². The van der Waals surface area contributed by atoms with Crippen molar-refractivity contribution in [3.8, 4) is 0 Å². The first kappa shape index (κ1) is 10.8. The molecule has 0 aliphatic rings. The van der Waals surface area contributed by atoms with E-state index in [2.05, 4.69) is 33.3 Å². The molecule has 2 heterocycles. The Hall–Kier alpha value is -1.68. The minimum absolute atomic E-state index is 0.282. The van der Waals surface area contributed by atoms with Gasteiger partial charge in [0.05, 0.1) is 12.0 Å². The predicted octanol–water partition coefficient (Wildman–Crippen LogP) is 1.96. The molecule has 0 aliphatic carbocycles. The van der Waals surface area contributed by atoms with E-state index in [0.717, 1.165) is 17.9 Å². The number of nitrogens with zero attached hydrogens (tertiary/aromatic N) is 2. The molecular weight excluding hydrogens is 200 g/mol. The van der Waals surface area contributed by atoms with Gasteiger partial charge in [-0.3, -0.25) is 4.98 Å². The van der Waals surface area contributed by atoms with Gasteiger partial charge in [0.2, 0.25) is 0 Å². The fourth-order valence-electron chi connectivity index (χ4n) is 1.57. The first-order valence-electron chi connectivity index (χ1n) is 5.39. The van der Waals surface area contributed by atoms with Gasteiger partial charge in [-0.1, -0.05) is 6.07 Å². The lowest BCUT2D eigenvalue weighted by molar-refractivity contribution is 0.566. The van der Waals surface area contributed by atoms with E-state index in [0.29, 0.717) is 0 Å². The van der Waals surface area contributed by atoms with E-state index in [1.54, 1.807) is 12.5 Å². The van der Waals surface area contributed by atoms with Crippen molar-refractivity contribution in [3.63, 3.8) is 0 Å². The Morgan fingerprint density at radius 3 is 3.00 bits per heavy atom. The number of hydrogen-bond donors (Lipinski definition) is 2. The van der Waals surface area contributed by atoms with Gasteiger partial charge in [0, 0.05) is 30.7 Å². The summed E-state index contributed by atoms with van der Waals surface area (Å²) >= 11 is 0. The highest BCUT2D eigenvalue weighted by molar-refractivity contribution is 5.14. The zero-order valence-electron chi connectivity index (χ0n) is 9.57. The van der Waals surface area contributed by atoms with Crippen LogP contribution in [0.25, 0.3) is 0 Å². The van der Waals surface area contributed by atoms with Crippen LogP contribution in [0.2, 0.25) is 0 Å². The minimum atomic E-state index is 0.282. The van der Waals surface area contributed by atoms with Gasteiger partial charge < -0.3 is 10.3 Å². The lowest BCUT2D eigenvalue weighted by Gasteiger charge is -2.12. The molecule has 0 aliphatic heterocycles. The van der Waals surface area contributed by atoms with Crippen molar-refractivity contribution in [2.75, 3.05) is 0 Å². The number of nitrogens with one attached hydrogen (secondary N) is 2. The van der Waals surface area contributed by atoms with Gasteiger partial charge in [-0.2, -0.15) is 0 Å². The molecule has 16 heavy (non-hydrogen) atoms. The van der Waals surface area contributed by atoms with Crippen LogP contribution in [-0.4, -0.2) is 15.0 Å². The monoisotopic (exact) mass is 216 g/mol. The number of aryl methyl sites for hydroxylation is 1. The Labute approximate surface area is 95.1 Å². The van der Waals surface area contributed by atoms with Crippen molar-refractivity contribution in [1.29, 1.82) is 0 Å². The molecule has 2 aromatic heterocycles. The van der Waals surface area contributed by atoms with Crippen molar-refractivity contribution in [2.24, 2.45) is 0 Å². The first-order valence-corrected chi connectivity index (χ1v) is 5.39. The molecule has 2 aromatic rings. The van der Waals surface area contributed by atoms with E-state index in [4.69, 9.17) is 0 Å².